The molecule has 27 heavy (non-hydrogen) atoms. The van der Waals surface area contributed by atoms with Crippen LogP contribution in [0.15, 0.2) is 28.9 Å². The van der Waals surface area contributed by atoms with E-state index in [-0.39, 0.29) is 11.9 Å². The summed E-state index contributed by atoms with van der Waals surface area (Å²) in [5.41, 5.74) is 3.49. The molecule has 1 aliphatic heterocycles. The van der Waals surface area contributed by atoms with Crippen LogP contribution in [-0.4, -0.2) is 49.0 Å². The first-order chi connectivity index (χ1) is 13.0. The van der Waals surface area contributed by atoms with E-state index in [0.717, 1.165) is 23.1 Å². The fourth-order valence-corrected chi connectivity index (χ4v) is 3.42. The Morgan fingerprint density at radius 3 is 2.93 bits per heavy atom. The van der Waals surface area contributed by atoms with Gasteiger partial charge in [0.25, 0.3) is 11.8 Å². The number of hydrogen-bond donors (Lipinski definition) is 0. The Morgan fingerprint density at radius 1 is 1.33 bits per heavy atom. The van der Waals surface area contributed by atoms with E-state index in [1.165, 1.54) is 0 Å². The first-order valence-corrected chi connectivity index (χ1v) is 9.16. The lowest BCUT2D eigenvalue weighted by Gasteiger charge is -2.18. The largest absolute Gasteiger partial charge is 0.336 e. The predicted octanol–water partition coefficient (Wildman–Crippen LogP) is 2.59. The van der Waals surface area contributed by atoms with Crippen LogP contribution in [0.25, 0.3) is 11.6 Å². The first-order valence-electron chi connectivity index (χ1n) is 9.16. The summed E-state index contributed by atoms with van der Waals surface area (Å²) in [6.07, 6.45) is 3.35. The van der Waals surface area contributed by atoms with Crippen molar-refractivity contribution in [2.45, 2.75) is 39.7 Å². The summed E-state index contributed by atoms with van der Waals surface area (Å²) in [4.78, 5) is 19.0. The van der Waals surface area contributed by atoms with Gasteiger partial charge in [-0.2, -0.15) is 4.98 Å². The van der Waals surface area contributed by atoms with Crippen LogP contribution in [0.4, 0.5) is 0 Å². The molecule has 0 aliphatic carbocycles. The maximum Gasteiger partial charge on any atom is 0.280 e. The summed E-state index contributed by atoms with van der Waals surface area (Å²) in [6.45, 7) is 7.28. The quantitative estimate of drug-likeness (QED) is 0.705. The monoisotopic (exact) mass is 366 g/mol. The van der Waals surface area contributed by atoms with Gasteiger partial charge in [0.05, 0.1) is 12.2 Å². The summed E-state index contributed by atoms with van der Waals surface area (Å²) in [5, 5.41) is 12.2. The van der Waals surface area contributed by atoms with E-state index in [4.69, 9.17) is 4.52 Å². The van der Waals surface area contributed by atoms with Gasteiger partial charge in [-0.3, -0.25) is 4.79 Å². The van der Waals surface area contributed by atoms with Crippen LogP contribution < -0.4 is 0 Å². The minimum absolute atomic E-state index is 0.0693. The van der Waals surface area contributed by atoms with Crippen molar-refractivity contribution in [2.24, 2.45) is 0 Å². The Morgan fingerprint density at radius 2 is 2.19 bits per heavy atom. The van der Waals surface area contributed by atoms with Crippen molar-refractivity contribution in [3.63, 3.8) is 0 Å². The van der Waals surface area contributed by atoms with E-state index < -0.39 is 0 Å². The molecular weight excluding hydrogens is 344 g/mol. The van der Waals surface area contributed by atoms with Crippen LogP contribution in [0.5, 0.6) is 0 Å². The third-order valence-electron chi connectivity index (χ3n) is 4.95. The standard InChI is InChI=1S/C19H22N6O2/c1-4-17-20-18(27-22-17)16-11-25(23-21-16)14-7-8-24(10-14)19(26)15-6-5-12(2)9-13(15)3/h5-6,9,11,14H,4,7-8,10H2,1-3H3/t14-/m0/s1. The highest BCUT2D eigenvalue weighted by atomic mass is 16.5. The van der Waals surface area contributed by atoms with Crippen molar-refractivity contribution in [3.05, 3.63) is 46.9 Å². The second-order valence-corrected chi connectivity index (χ2v) is 6.97. The summed E-state index contributed by atoms with van der Waals surface area (Å²) in [5.74, 6) is 1.09. The summed E-state index contributed by atoms with van der Waals surface area (Å²) in [6, 6.07) is 6.02. The highest BCUT2D eigenvalue weighted by molar-refractivity contribution is 5.95. The number of aromatic nitrogens is 5. The molecule has 1 aromatic carbocycles. The lowest BCUT2D eigenvalue weighted by atomic mass is 10.0. The third-order valence-corrected chi connectivity index (χ3v) is 4.95. The van der Waals surface area contributed by atoms with Crippen LogP contribution in [-0.2, 0) is 6.42 Å². The molecular formula is C19H22N6O2. The maximum absolute atomic E-state index is 12.9. The van der Waals surface area contributed by atoms with Crippen LogP contribution in [0.2, 0.25) is 0 Å². The molecule has 0 bridgehead atoms. The summed E-state index contributed by atoms with van der Waals surface area (Å²) < 4.78 is 7.01. The van der Waals surface area contributed by atoms with Gasteiger partial charge in [0.2, 0.25) is 0 Å². The Hall–Kier alpha value is -3.03. The second-order valence-electron chi connectivity index (χ2n) is 6.97. The van der Waals surface area contributed by atoms with Gasteiger partial charge < -0.3 is 9.42 Å². The fourth-order valence-electron chi connectivity index (χ4n) is 3.42. The van der Waals surface area contributed by atoms with Gasteiger partial charge in [0.15, 0.2) is 11.5 Å². The molecule has 3 aromatic rings. The van der Waals surface area contributed by atoms with Gasteiger partial charge in [-0.15, -0.1) is 5.10 Å². The summed E-state index contributed by atoms with van der Waals surface area (Å²) in [7, 11) is 0. The molecule has 1 atom stereocenters. The number of benzene rings is 1. The SMILES string of the molecule is CCc1noc(-c2cn([C@H]3CCN(C(=O)c4ccc(C)cc4C)C3)nn2)n1. The van der Waals surface area contributed by atoms with Gasteiger partial charge in [-0.05, 0) is 31.9 Å². The number of carbonyl (C=O) groups is 1. The molecule has 0 radical (unpaired) electrons. The molecule has 8 heteroatoms. The zero-order valence-corrected chi connectivity index (χ0v) is 15.7. The highest BCUT2D eigenvalue weighted by Crippen LogP contribution is 2.25. The molecule has 0 spiro atoms. The predicted molar refractivity (Wildman–Crippen MR) is 98.2 cm³/mol. The van der Waals surface area contributed by atoms with E-state index in [0.29, 0.717) is 36.9 Å². The van der Waals surface area contributed by atoms with Crippen molar-refractivity contribution < 1.29 is 9.32 Å². The van der Waals surface area contributed by atoms with E-state index in [9.17, 15) is 4.79 Å². The number of rotatable bonds is 4. The number of likely N-dealkylation sites (tertiary alicyclic amines) is 1. The number of amides is 1. The minimum atomic E-state index is 0.0693. The Kier molecular flexibility index (Phi) is 4.47. The average molecular weight is 366 g/mol. The van der Waals surface area contributed by atoms with Crippen LogP contribution in [0.3, 0.4) is 0 Å². The van der Waals surface area contributed by atoms with E-state index in [1.54, 1.807) is 4.68 Å². The van der Waals surface area contributed by atoms with Crippen molar-refractivity contribution in [1.29, 1.82) is 0 Å². The summed E-state index contributed by atoms with van der Waals surface area (Å²) >= 11 is 0. The van der Waals surface area contributed by atoms with Crippen molar-refractivity contribution in [2.75, 3.05) is 13.1 Å². The van der Waals surface area contributed by atoms with Crippen LogP contribution >= 0.6 is 0 Å². The van der Waals surface area contributed by atoms with Crippen LogP contribution in [0, 0.1) is 13.8 Å². The number of hydrogen-bond acceptors (Lipinski definition) is 6. The third kappa shape index (κ3) is 3.34. The Bertz CT molecular complexity index is 976. The molecule has 1 amide bonds. The number of aryl methyl sites for hydroxylation is 3. The van der Waals surface area contributed by atoms with Gasteiger partial charge in [0.1, 0.15) is 0 Å². The zero-order chi connectivity index (χ0) is 19.0. The topological polar surface area (TPSA) is 89.9 Å². The lowest BCUT2D eigenvalue weighted by molar-refractivity contribution is 0.0786. The smallest absolute Gasteiger partial charge is 0.280 e. The van der Waals surface area contributed by atoms with Gasteiger partial charge in [-0.25, -0.2) is 4.68 Å². The second kappa shape index (κ2) is 6.94. The molecule has 4 rings (SSSR count). The molecule has 0 saturated carbocycles. The Labute approximate surface area is 157 Å². The number of nitrogens with zero attached hydrogens (tertiary/aromatic N) is 6. The van der Waals surface area contributed by atoms with Crippen LogP contribution in [0.1, 0.15) is 46.7 Å². The molecule has 1 saturated heterocycles. The minimum Gasteiger partial charge on any atom is -0.336 e. The van der Waals surface area contributed by atoms with Crippen molar-refractivity contribution in [1.82, 2.24) is 30.0 Å². The maximum atomic E-state index is 12.9. The average Bonchev–Trinajstić information content (AvgIpc) is 3.39. The van der Waals surface area contributed by atoms with E-state index in [2.05, 4.69) is 20.5 Å². The molecule has 140 valence electrons. The normalized spacial score (nSPS) is 16.9. The lowest BCUT2D eigenvalue weighted by Crippen LogP contribution is -2.29. The molecule has 3 heterocycles. The molecule has 2 aromatic heterocycles. The highest BCUT2D eigenvalue weighted by Gasteiger charge is 2.30. The van der Waals surface area contributed by atoms with Gasteiger partial charge in [-0.1, -0.05) is 35.0 Å². The van der Waals surface area contributed by atoms with Crippen molar-refractivity contribution in [3.8, 4) is 11.6 Å². The van der Waals surface area contributed by atoms with Gasteiger partial charge in [0, 0.05) is 25.1 Å². The zero-order valence-electron chi connectivity index (χ0n) is 15.7. The Balaban J connectivity index is 1.47. The number of carbonyl (C=O) groups excluding carboxylic acids is 1. The molecule has 8 nitrogen and oxygen atoms in total. The molecule has 0 unspecified atom stereocenters. The van der Waals surface area contributed by atoms with E-state index in [1.807, 2.05) is 50.1 Å². The van der Waals surface area contributed by atoms with Gasteiger partial charge >= 0.3 is 0 Å². The van der Waals surface area contributed by atoms with E-state index >= 15 is 0 Å². The molecule has 1 fully saturated rings. The molecule has 1 aliphatic rings. The first kappa shape index (κ1) is 17.4. The van der Waals surface area contributed by atoms with Crippen molar-refractivity contribution >= 4 is 5.91 Å². The fraction of sp³-hybridized carbons (Fsp3) is 0.421. The molecule has 0 N–H and O–H groups in total.